The molecule has 2 unspecified atom stereocenters. The number of hydrogen-bond donors (Lipinski definition) is 4. The second kappa shape index (κ2) is 11.4. The summed E-state index contributed by atoms with van der Waals surface area (Å²) in [6.45, 7) is 5.07. The standard InChI is InChI=1S/C27H35ClN3O6P/c1-2-36-26-10-3-17(11-24(26)28)14-29-25-13-21(31-15-18-12-19(18)16-31)6-9-23(25)27(32)30-20-4-7-22(8-5-20)37-38(33,34)35/h3,6,9-11,13,18-20,22,29H,2,4-5,7-8,12,14-16H2,1H3,(H,30,32)(H2,33,34,35). The third kappa shape index (κ3) is 6.82. The molecule has 5 rings (SSSR count). The van der Waals surface area contributed by atoms with Gasteiger partial charge in [-0.3, -0.25) is 9.32 Å². The van der Waals surface area contributed by atoms with Gasteiger partial charge < -0.3 is 30.1 Å². The number of carbonyl (C=O) groups is 1. The Kier molecular flexibility index (Phi) is 8.22. The van der Waals surface area contributed by atoms with E-state index in [1.807, 2.05) is 37.3 Å². The number of rotatable bonds is 10. The Morgan fingerprint density at radius 1 is 1.11 bits per heavy atom. The van der Waals surface area contributed by atoms with E-state index in [4.69, 9.17) is 30.6 Å². The fraction of sp³-hybridized carbons (Fsp3) is 0.519. The van der Waals surface area contributed by atoms with E-state index in [-0.39, 0.29) is 11.9 Å². The van der Waals surface area contributed by atoms with E-state index in [0.29, 0.717) is 55.2 Å². The molecule has 1 saturated heterocycles. The van der Waals surface area contributed by atoms with E-state index in [1.165, 1.54) is 6.42 Å². The molecule has 1 heterocycles. The summed E-state index contributed by atoms with van der Waals surface area (Å²) in [4.78, 5) is 33.9. The number of hydrogen-bond acceptors (Lipinski definition) is 6. The van der Waals surface area contributed by atoms with Gasteiger partial charge >= 0.3 is 7.82 Å². The monoisotopic (exact) mass is 563 g/mol. The summed E-state index contributed by atoms with van der Waals surface area (Å²) in [5, 5.41) is 7.11. The van der Waals surface area contributed by atoms with Crippen molar-refractivity contribution >= 4 is 36.7 Å². The van der Waals surface area contributed by atoms with Gasteiger partial charge in [-0.2, -0.15) is 0 Å². The summed E-state index contributed by atoms with van der Waals surface area (Å²) >= 11 is 6.38. The predicted molar refractivity (Wildman–Crippen MR) is 147 cm³/mol. The number of benzene rings is 2. The quantitative estimate of drug-likeness (QED) is 0.300. The minimum atomic E-state index is -4.51. The van der Waals surface area contributed by atoms with Crippen LogP contribution in [0.5, 0.6) is 5.75 Å². The molecule has 38 heavy (non-hydrogen) atoms. The number of piperidine rings is 1. The number of nitrogens with one attached hydrogen (secondary N) is 2. The summed E-state index contributed by atoms with van der Waals surface area (Å²) in [6.07, 6.45) is 2.98. The summed E-state index contributed by atoms with van der Waals surface area (Å²) in [5.74, 6) is 2.07. The Hall–Kier alpha value is -2.29. The van der Waals surface area contributed by atoms with Crippen LogP contribution in [0.15, 0.2) is 36.4 Å². The lowest BCUT2D eigenvalue weighted by atomic mass is 9.93. The molecule has 3 aliphatic rings. The zero-order valence-electron chi connectivity index (χ0n) is 21.4. The van der Waals surface area contributed by atoms with Crippen molar-refractivity contribution in [2.24, 2.45) is 11.8 Å². The average Bonchev–Trinajstić information content (AvgIpc) is 3.49. The van der Waals surface area contributed by atoms with Crippen molar-refractivity contribution in [1.29, 1.82) is 0 Å². The van der Waals surface area contributed by atoms with Gasteiger partial charge in [0.2, 0.25) is 0 Å². The molecule has 0 radical (unpaired) electrons. The molecule has 4 N–H and O–H groups in total. The summed E-state index contributed by atoms with van der Waals surface area (Å²) < 4.78 is 21.5. The van der Waals surface area contributed by atoms with Gasteiger partial charge in [0, 0.05) is 37.1 Å². The van der Waals surface area contributed by atoms with Crippen molar-refractivity contribution in [3.8, 4) is 5.75 Å². The van der Waals surface area contributed by atoms with Gasteiger partial charge in [0.15, 0.2) is 0 Å². The van der Waals surface area contributed by atoms with Crippen molar-refractivity contribution < 1.29 is 28.4 Å². The van der Waals surface area contributed by atoms with E-state index in [1.54, 1.807) is 0 Å². The number of phosphoric ester groups is 1. The lowest BCUT2D eigenvalue weighted by Gasteiger charge is -2.29. The number of ether oxygens (including phenoxy) is 1. The Bertz CT molecular complexity index is 1210. The highest BCUT2D eigenvalue weighted by atomic mass is 35.5. The lowest BCUT2D eigenvalue weighted by molar-refractivity contribution is 0.0820. The Morgan fingerprint density at radius 3 is 2.50 bits per heavy atom. The van der Waals surface area contributed by atoms with Crippen LogP contribution in [0.1, 0.15) is 54.9 Å². The predicted octanol–water partition coefficient (Wildman–Crippen LogP) is 4.96. The SMILES string of the molecule is CCOc1ccc(CNc2cc(N3CC4CC4C3)ccc2C(=O)NC2CCC(OP(=O)(O)O)CC2)cc1Cl. The van der Waals surface area contributed by atoms with Gasteiger partial charge in [0.05, 0.1) is 23.3 Å². The van der Waals surface area contributed by atoms with Crippen LogP contribution >= 0.6 is 19.4 Å². The summed E-state index contributed by atoms with van der Waals surface area (Å²) in [6, 6.07) is 11.6. The summed E-state index contributed by atoms with van der Waals surface area (Å²) in [7, 11) is -4.51. The number of phosphoric acid groups is 1. The zero-order chi connectivity index (χ0) is 26.9. The first-order chi connectivity index (χ1) is 18.2. The molecule has 2 atom stereocenters. The molecule has 0 bridgehead atoms. The molecule has 9 nitrogen and oxygen atoms in total. The molecule has 206 valence electrons. The van der Waals surface area contributed by atoms with E-state index in [2.05, 4.69) is 21.6 Å². The van der Waals surface area contributed by atoms with Gasteiger partial charge in [-0.25, -0.2) is 4.57 Å². The molecule has 2 aromatic carbocycles. The molecular formula is C27H35ClN3O6P. The smallest absolute Gasteiger partial charge is 0.469 e. The first-order valence-electron chi connectivity index (χ1n) is 13.3. The minimum absolute atomic E-state index is 0.0812. The maximum atomic E-state index is 13.4. The molecule has 1 aliphatic heterocycles. The van der Waals surface area contributed by atoms with Crippen LogP contribution in [0.25, 0.3) is 0 Å². The Balaban J connectivity index is 1.27. The van der Waals surface area contributed by atoms with Gasteiger partial charge in [-0.1, -0.05) is 17.7 Å². The number of carbonyl (C=O) groups excluding carboxylic acids is 1. The molecule has 2 aliphatic carbocycles. The van der Waals surface area contributed by atoms with Crippen molar-refractivity contribution in [1.82, 2.24) is 5.32 Å². The molecule has 3 fully saturated rings. The molecular weight excluding hydrogens is 529 g/mol. The lowest BCUT2D eigenvalue weighted by Crippen LogP contribution is -2.39. The normalized spacial score (nSPS) is 24.6. The Morgan fingerprint density at radius 2 is 1.84 bits per heavy atom. The van der Waals surface area contributed by atoms with Crippen LogP contribution in [0, 0.1) is 11.8 Å². The highest BCUT2D eigenvalue weighted by molar-refractivity contribution is 7.46. The van der Waals surface area contributed by atoms with Crippen molar-refractivity contribution in [3.63, 3.8) is 0 Å². The molecule has 2 saturated carbocycles. The van der Waals surface area contributed by atoms with E-state index in [0.717, 1.165) is 41.9 Å². The number of nitrogens with zero attached hydrogens (tertiary/aromatic N) is 1. The molecule has 0 spiro atoms. The molecule has 2 aromatic rings. The third-order valence-electron chi connectivity index (χ3n) is 7.67. The highest BCUT2D eigenvalue weighted by Gasteiger charge is 2.45. The van der Waals surface area contributed by atoms with Gasteiger partial charge in [0.25, 0.3) is 5.91 Å². The molecule has 0 aromatic heterocycles. The van der Waals surface area contributed by atoms with Crippen LogP contribution in [-0.4, -0.2) is 47.5 Å². The van der Waals surface area contributed by atoms with E-state index < -0.39 is 13.9 Å². The van der Waals surface area contributed by atoms with Gasteiger partial charge in [0.1, 0.15) is 5.75 Å². The minimum Gasteiger partial charge on any atom is -0.492 e. The van der Waals surface area contributed by atoms with Crippen molar-refractivity contribution in [3.05, 3.63) is 52.5 Å². The third-order valence-corrected chi connectivity index (χ3v) is 8.53. The van der Waals surface area contributed by atoms with Crippen LogP contribution in [0.4, 0.5) is 11.4 Å². The second-order valence-corrected chi connectivity index (χ2v) is 12.1. The zero-order valence-corrected chi connectivity index (χ0v) is 23.1. The summed E-state index contributed by atoms with van der Waals surface area (Å²) in [5.41, 5.74) is 3.39. The Labute approximate surface area is 228 Å². The second-order valence-electron chi connectivity index (χ2n) is 10.5. The number of halogens is 1. The van der Waals surface area contributed by atoms with Crippen molar-refractivity contribution in [2.75, 3.05) is 29.9 Å². The van der Waals surface area contributed by atoms with Gasteiger partial charge in [-0.05, 0) is 86.8 Å². The van der Waals surface area contributed by atoms with Crippen LogP contribution in [0.3, 0.4) is 0 Å². The van der Waals surface area contributed by atoms with E-state index in [9.17, 15) is 9.36 Å². The van der Waals surface area contributed by atoms with Gasteiger partial charge in [-0.15, -0.1) is 0 Å². The van der Waals surface area contributed by atoms with Crippen LogP contribution in [0.2, 0.25) is 5.02 Å². The largest absolute Gasteiger partial charge is 0.492 e. The van der Waals surface area contributed by atoms with Crippen LogP contribution in [-0.2, 0) is 15.6 Å². The molecule has 11 heteroatoms. The molecule has 1 amide bonds. The number of anilines is 2. The maximum Gasteiger partial charge on any atom is 0.469 e. The van der Waals surface area contributed by atoms with E-state index >= 15 is 0 Å². The fourth-order valence-corrected chi connectivity index (χ4v) is 6.43. The fourth-order valence-electron chi connectivity index (χ4n) is 5.58. The topological polar surface area (TPSA) is 120 Å². The first-order valence-corrected chi connectivity index (χ1v) is 15.2. The maximum absolute atomic E-state index is 13.4. The highest BCUT2D eigenvalue weighted by Crippen LogP contribution is 2.46. The number of amides is 1. The number of fused-ring (bicyclic) bond motifs is 1. The van der Waals surface area contributed by atoms with Crippen LogP contribution < -0.4 is 20.3 Å². The first kappa shape index (κ1) is 27.3. The average molecular weight is 564 g/mol. The van der Waals surface area contributed by atoms with Crippen molar-refractivity contribution in [2.45, 2.75) is 57.7 Å².